The van der Waals surface area contributed by atoms with Crippen molar-refractivity contribution in [3.05, 3.63) is 50.5 Å². The first-order valence-corrected chi connectivity index (χ1v) is 15.4. The third-order valence-electron chi connectivity index (χ3n) is 8.70. The van der Waals surface area contributed by atoms with Crippen LogP contribution in [0.25, 0.3) is 16.8 Å². The predicted octanol–water partition coefficient (Wildman–Crippen LogP) is 8.12. The molecule has 1 fully saturated rings. The summed E-state index contributed by atoms with van der Waals surface area (Å²) in [5, 5.41) is 0.654. The predicted molar refractivity (Wildman–Crippen MR) is 168 cm³/mol. The van der Waals surface area contributed by atoms with Gasteiger partial charge in [-0.05, 0) is 61.1 Å². The highest BCUT2D eigenvalue weighted by Crippen LogP contribution is 2.50. The van der Waals surface area contributed by atoms with Gasteiger partial charge in [0.25, 0.3) is 0 Å². The van der Waals surface area contributed by atoms with E-state index in [1.54, 1.807) is 24.3 Å². The number of halogens is 2. The van der Waals surface area contributed by atoms with Gasteiger partial charge in [-0.15, -0.1) is 0 Å². The number of carbonyl (C=O) groups excluding carboxylic acids is 1. The summed E-state index contributed by atoms with van der Waals surface area (Å²) in [6.45, 7) is 20.8. The molecule has 7 nitrogen and oxygen atoms in total. The number of aromatic nitrogens is 3. The van der Waals surface area contributed by atoms with Gasteiger partial charge in [-0.1, -0.05) is 83.8 Å². The molecule has 0 amide bonds. The molecule has 1 aliphatic carbocycles. The minimum absolute atomic E-state index is 0.0755. The number of rotatable bonds is 6. The molecule has 2 unspecified atom stereocenters. The summed E-state index contributed by atoms with van der Waals surface area (Å²) in [6, 6.07) is 7.05. The molecule has 2 atom stereocenters. The molecule has 0 aliphatic heterocycles. The second kappa shape index (κ2) is 11.6. The highest BCUT2D eigenvalue weighted by atomic mass is 35.5. The molecule has 224 valence electrons. The summed E-state index contributed by atoms with van der Waals surface area (Å²) in [6.07, 6.45) is 1.63. The van der Waals surface area contributed by atoms with E-state index in [-0.39, 0.29) is 45.1 Å². The molecule has 3 aromatic rings. The van der Waals surface area contributed by atoms with Gasteiger partial charge < -0.3 is 9.64 Å². The van der Waals surface area contributed by atoms with Crippen molar-refractivity contribution in [2.45, 2.75) is 81.3 Å². The van der Waals surface area contributed by atoms with E-state index in [1.807, 2.05) is 18.7 Å². The molecule has 1 aromatic carbocycles. The Hall–Kier alpha value is -2.51. The van der Waals surface area contributed by atoms with Gasteiger partial charge in [0, 0.05) is 35.5 Å². The number of nitrogens with one attached hydrogen (secondary N) is 1. The molecule has 4 rings (SSSR count). The Morgan fingerprint density at radius 2 is 1.56 bits per heavy atom. The van der Waals surface area contributed by atoms with Crippen LogP contribution >= 0.6 is 23.2 Å². The second-order valence-corrected chi connectivity index (χ2v) is 14.4. The summed E-state index contributed by atoms with van der Waals surface area (Å²) in [5.41, 5.74) is 0.810. The molecule has 0 radical (unpaired) electrons. The van der Waals surface area contributed by atoms with Gasteiger partial charge in [0.1, 0.15) is 16.8 Å². The Morgan fingerprint density at radius 3 is 2.05 bits per heavy atom. The van der Waals surface area contributed by atoms with Crippen LogP contribution in [0.3, 0.4) is 0 Å². The van der Waals surface area contributed by atoms with Crippen LogP contribution in [-0.4, -0.2) is 39.5 Å². The van der Waals surface area contributed by atoms with Crippen LogP contribution in [0.5, 0.6) is 0 Å². The normalized spacial score (nSPS) is 21.7. The summed E-state index contributed by atoms with van der Waals surface area (Å²) < 4.78 is 7.87. The number of fused-ring (bicyclic) bond motifs is 1. The lowest BCUT2D eigenvalue weighted by molar-refractivity contribution is -0.0922. The van der Waals surface area contributed by atoms with Crippen molar-refractivity contribution in [2.75, 3.05) is 18.0 Å². The Morgan fingerprint density at radius 1 is 1.02 bits per heavy atom. The summed E-state index contributed by atoms with van der Waals surface area (Å²) in [5.74, 6) is 0.691. The van der Waals surface area contributed by atoms with Crippen molar-refractivity contribution in [3.8, 4) is 11.1 Å². The van der Waals surface area contributed by atoms with Crippen LogP contribution in [-0.2, 0) is 4.74 Å². The Balaban J connectivity index is 1.96. The van der Waals surface area contributed by atoms with E-state index in [2.05, 4.69) is 53.5 Å². The van der Waals surface area contributed by atoms with Crippen LogP contribution in [0.15, 0.2) is 29.1 Å². The van der Waals surface area contributed by atoms with Crippen molar-refractivity contribution in [1.29, 1.82) is 0 Å². The number of hydrogen-bond acceptors (Lipinski definition) is 5. The quantitative estimate of drug-likeness (QED) is 0.288. The first-order chi connectivity index (χ1) is 19.1. The Bertz CT molecular complexity index is 1440. The van der Waals surface area contributed by atoms with Crippen LogP contribution in [0.1, 0.15) is 85.5 Å². The smallest absolute Gasteiger partial charge is 0.342 e. The lowest BCUT2D eigenvalue weighted by atomic mass is 9.59. The SMILES string of the molecule is CCN(CC)c1nc2c(C(=O)OC3C(C(C)(C)C)CC(C)CC3C(C)(C)C)c(-c3ccc(Cl)cc3)c(Cl)n2c(=O)[nH]1. The molecule has 0 saturated heterocycles. The van der Waals surface area contributed by atoms with E-state index in [1.165, 1.54) is 4.40 Å². The van der Waals surface area contributed by atoms with Crippen molar-refractivity contribution in [3.63, 3.8) is 0 Å². The molecular weight excluding hydrogens is 559 g/mol. The van der Waals surface area contributed by atoms with Crippen molar-refractivity contribution in [2.24, 2.45) is 28.6 Å². The number of hydrogen-bond donors (Lipinski definition) is 1. The molecule has 1 N–H and O–H groups in total. The van der Waals surface area contributed by atoms with Crippen molar-refractivity contribution < 1.29 is 9.53 Å². The lowest BCUT2D eigenvalue weighted by Crippen LogP contribution is -2.49. The van der Waals surface area contributed by atoms with Gasteiger partial charge in [0.15, 0.2) is 5.65 Å². The summed E-state index contributed by atoms with van der Waals surface area (Å²) in [4.78, 5) is 37.4. The molecule has 9 heteroatoms. The van der Waals surface area contributed by atoms with Gasteiger partial charge >= 0.3 is 11.7 Å². The molecule has 1 aliphatic rings. The summed E-state index contributed by atoms with van der Waals surface area (Å²) in [7, 11) is 0. The van der Waals surface area contributed by atoms with Gasteiger partial charge in [-0.3, -0.25) is 4.98 Å². The van der Waals surface area contributed by atoms with Crippen LogP contribution in [0, 0.1) is 28.6 Å². The number of benzene rings is 1. The zero-order valence-electron chi connectivity index (χ0n) is 25.8. The average molecular weight is 604 g/mol. The number of aromatic amines is 1. The molecule has 1 saturated carbocycles. The van der Waals surface area contributed by atoms with E-state index in [0.717, 1.165) is 12.8 Å². The largest absolute Gasteiger partial charge is 0.458 e. The molecule has 2 heterocycles. The number of ether oxygens (including phenoxy) is 1. The Labute approximate surface area is 253 Å². The molecule has 0 spiro atoms. The maximum atomic E-state index is 14.5. The third kappa shape index (κ3) is 6.17. The van der Waals surface area contributed by atoms with Gasteiger partial charge in [-0.25, -0.2) is 14.0 Å². The average Bonchev–Trinajstić information content (AvgIpc) is 3.17. The van der Waals surface area contributed by atoms with Gasteiger partial charge in [0.2, 0.25) is 5.95 Å². The second-order valence-electron chi connectivity index (χ2n) is 13.6. The number of nitrogens with zero attached hydrogens (tertiary/aromatic N) is 3. The first kappa shape index (κ1) is 31.4. The number of anilines is 1. The topological polar surface area (TPSA) is 79.7 Å². The molecular formula is C32H44Cl2N4O3. The Kier molecular flexibility index (Phi) is 8.92. The maximum Gasteiger partial charge on any atom is 0.342 e. The third-order valence-corrected chi connectivity index (χ3v) is 9.31. The van der Waals surface area contributed by atoms with Crippen LogP contribution < -0.4 is 10.6 Å². The number of carbonyl (C=O) groups is 1. The van der Waals surface area contributed by atoms with Crippen molar-refractivity contribution >= 4 is 40.8 Å². The molecule has 41 heavy (non-hydrogen) atoms. The lowest BCUT2D eigenvalue weighted by Gasteiger charge is -2.50. The molecule has 0 bridgehead atoms. The fourth-order valence-corrected chi connectivity index (χ4v) is 6.89. The maximum absolute atomic E-state index is 14.5. The van der Waals surface area contributed by atoms with E-state index in [9.17, 15) is 9.59 Å². The van der Waals surface area contributed by atoms with E-state index < -0.39 is 11.7 Å². The monoisotopic (exact) mass is 602 g/mol. The van der Waals surface area contributed by atoms with Gasteiger partial charge in [0.05, 0.1) is 0 Å². The minimum atomic E-state index is -0.522. The first-order valence-electron chi connectivity index (χ1n) is 14.6. The number of esters is 1. The standard InChI is InChI=1S/C32H44Cl2N4O3/c1-10-37(11-2)29-35-27-24(23(19-12-14-20(33)15-13-19)26(34)38(27)30(40)36-29)28(39)41-25-21(31(4,5)6)16-18(3)17-22(25)32(7,8)9/h12-15,18,21-22,25H,10-11,16-17H2,1-9H3,(H,35,36,40). The van der Waals surface area contributed by atoms with E-state index >= 15 is 0 Å². The van der Waals surface area contributed by atoms with Crippen LogP contribution in [0.2, 0.25) is 10.2 Å². The fourth-order valence-electron chi connectivity index (χ4n) is 6.40. The zero-order valence-corrected chi connectivity index (χ0v) is 27.3. The van der Waals surface area contributed by atoms with E-state index in [0.29, 0.717) is 41.1 Å². The van der Waals surface area contributed by atoms with E-state index in [4.69, 9.17) is 32.9 Å². The number of H-pyrrole nitrogens is 1. The van der Waals surface area contributed by atoms with Gasteiger partial charge in [-0.2, -0.15) is 4.98 Å². The zero-order chi connectivity index (χ0) is 30.4. The highest BCUT2D eigenvalue weighted by molar-refractivity contribution is 6.34. The van der Waals surface area contributed by atoms with Crippen molar-refractivity contribution in [1.82, 2.24) is 14.4 Å². The fraction of sp³-hybridized carbons (Fsp3) is 0.594. The van der Waals surface area contributed by atoms with Crippen LogP contribution in [0.4, 0.5) is 5.95 Å². The minimum Gasteiger partial charge on any atom is -0.458 e. The highest BCUT2D eigenvalue weighted by Gasteiger charge is 2.48. The summed E-state index contributed by atoms with van der Waals surface area (Å²) >= 11 is 13.1. The molecule has 2 aromatic heterocycles.